The number of nitrogens with zero attached hydrogens (tertiary/aromatic N) is 10. The van der Waals surface area contributed by atoms with Gasteiger partial charge in [0.2, 0.25) is 0 Å². The van der Waals surface area contributed by atoms with Gasteiger partial charge in [0.15, 0.2) is 22.7 Å². The van der Waals surface area contributed by atoms with E-state index in [1.807, 2.05) is 90.5 Å². The van der Waals surface area contributed by atoms with E-state index in [9.17, 15) is 0 Å². The Balaban J connectivity index is 1.15. The van der Waals surface area contributed by atoms with E-state index < -0.39 is 11.1 Å². The maximum absolute atomic E-state index is 8.31. The molecule has 0 aliphatic carbocycles. The van der Waals surface area contributed by atoms with Crippen LogP contribution in [0.2, 0.25) is 0 Å². The fourth-order valence-corrected chi connectivity index (χ4v) is 13.8. The number of hydrogen-bond acceptors (Lipinski definition) is 13. The molecule has 0 bridgehead atoms. The number of anilines is 4. The average Bonchev–Trinajstić information content (AvgIpc) is 2.24. The normalized spacial score (nSPS) is 16.9. The van der Waals surface area contributed by atoms with Gasteiger partial charge in [-0.05, 0) is 102 Å². The summed E-state index contributed by atoms with van der Waals surface area (Å²) < 4.78 is 0. The molecule has 2 aliphatic rings. The van der Waals surface area contributed by atoms with Gasteiger partial charge in [-0.1, -0.05) is 139 Å². The van der Waals surface area contributed by atoms with Crippen LogP contribution in [0.5, 0.6) is 0 Å². The molecule has 380 valence electrons. The Kier molecular flexibility index (Phi) is 9.85. The van der Waals surface area contributed by atoms with Crippen molar-refractivity contribution in [2.45, 2.75) is 20.9 Å². The predicted octanol–water partition coefficient (Wildman–Crippen LogP) is 15.3. The summed E-state index contributed by atoms with van der Waals surface area (Å²) in [4.78, 5) is 54.0. The topological polar surface area (TPSA) is 131 Å². The second-order valence-corrected chi connectivity index (χ2v) is 21.5. The molecule has 13 heteroatoms. The first-order chi connectivity index (χ1) is 40.1. The summed E-state index contributed by atoms with van der Waals surface area (Å²) in [6.45, 7) is 0. The Morgan fingerprint density at radius 2 is 1.05 bits per heavy atom. The zero-order chi connectivity index (χ0) is 53.2. The van der Waals surface area contributed by atoms with Gasteiger partial charge in [0.25, 0.3) is 0 Å². The van der Waals surface area contributed by atoms with Gasteiger partial charge in [-0.15, -0.1) is 4.94 Å². The van der Waals surface area contributed by atoms with Crippen molar-refractivity contribution in [1.82, 2.24) is 39.9 Å². The highest BCUT2D eigenvalue weighted by atomic mass is 32.2. The largest absolute Gasteiger partial charge is 0.353 e. The highest BCUT2D eigenvalue weighted by Gasteiger charge is 2.73. The summed E-state index contributed by atoms with van der Waals surface area (Å²) in [6, 6.07) is 75.0. The van der Waals surface area contributed by atoms with Gasteiger partial charge >= 0.3 is 0 Å². The number of aromatic nitrogens is 8. The molecule has 1 fully saturated rings. The van der Waals surface area contributed by atoms with Crippen molar-refractivity contribution in [2.24, 2.45) is 0 Å². The lowest BCUT2D eigenvalue weighted by molar-refractivity contribution is 0.114. The van der Waals surface area contributed by atoms with Gasteiger partial charge in [-0.3, -0.25) is 9.97 Å². The number of fused-ring (bicyclic) bond motifs is 12. The molecular formula is C68H41N11OS. The second-order valence-electron chi connectivity index (χ2n) is 20.4. The van der Waals surface area contributed by atoms with E-state index in [1.54, 1.807) is 11.8 Å². The van der Waals surface area contributed by atoms with E-state index in [1.165, 1.54) is 0 Å². The van der Waals surface area contributed by atoms with E-state index in [2.05, 4.69) is 168 Å². The molecule has 2 atom stereocenters. The number of hydrogen-bond donors (Lipinski definition) is 1. The SMILES string of the molecule is c1cnc(C2(c3cccc4c3Nc3ccccc3S4)N(c3ccc4ccc5cccnc5c4n3)ON(c3cccc4ncc5ccccc5c34)C2(c2cccc3nc4ccccc4cc23)c2cccc3nc4ccccc4nc23)nc1. The van der Waals surface area contributed by atoms with Gasteiger partial charge in [0.05, 0.1) is 66.7 Å². The van der Waals surface area contributed by atoms with E-state index in [-0.39, 0.29) is 0 Å². The molecule has 9 aromatic carbocycles. The molecule has 0 spiro atoms. The first-order valence-electron chi connectivity index (χ1n) is 26.7. The van der Waals surface area contributed by atoms with Crippen molar-refractivity contribution in [3.8, 4) is 0 Å². The van der Waals surface area contributed by atoms with E-state index in [0.29, 0.717) is 33.9 Å². The van der Waals surface area contributed by atoms with Crippen molar-refractivity contribution < 1.29 is 4.94 Å². The Morgan fingerprint density at radius 1 is 0.395 bits per heavy atom. The van der Waals surface area contributed by atoms with Gasteiger partial charge in [-0.25, -0.2) is 35.0 Å². The summed E-state index contributed by atoms with van der Waals surface area (Å²) in [5.41, 5.74) is 8.09. The number of nitrogens with one attached hydrogen (secondary N) is 1. The van der Waals surface area contributed by atoms with Gasteiger partial charge < -0.3 is 5.32 Å². The molecule has 2 aliphatic heterocycles. The third-order valence-electron chi connectivity index (χ3n) is 16.1. The molecule has 0 amide bonds. The maximum atomic E-state index is 8.31. The van der Waals surface area contributed by atoms with Crippen molar-refractivity contribution in [2.75, 3.05) is 15.4 Å². The zero-order valence-corrected chi connectivity index (χ0v) is 43.7. The lowest BCUT2D eigenvalue weighted by Gasteiger charge is -2.49. The minimum Gasteiger partial charge on any atom is -0.353 e. The predicted molar refractivity (Wildman–Crippen MR) is 323 cm³/mol. The van der Waals surface area contributed by atoms with Crippen molar-refractivity contribution in [3.63, 3.8) is 0 Å². The standard InChI is InChI=1S/C68H41N11OS/c1-3-18-45-44(16-1)40-72-55-27-12-29-57(61(45)55)78-67(47-19-9-26-51-46(47)39-43-15-2-4-22-50(43)73-51,48-20-10-28-56-64(48)75-53-24-6-5-23-52(53)74-56)68(66-70-37-14-38-71-66,49-21-11-31-59-65(49)76-54-25-7-8-30-58(54)81-59)79(80-78)60-35-34-42-33-32-41-17-13-36-69-62(41)63(42)77-60/h1-40,76H. The fourth-order valence-electron chi connectivity index (χ4n) is 12.7. The molecule has 1 N–H and O–H groups in total. The number of benzene rings is 9. The van der Waals surface area contributed by atoms with E-state index >= 15 is 0 Å². The summed E-state index contributed by atoms with van der Waals surface area (Å²) in [5, 5.41) is 14.6. The maximum Gasteiger partial charge on any atom is 0.192 e. The quantitative estimate of drug-likeness (QED) is 0.125. The van der Waals surface area contributed by atoms with Crippen LogP contribution in [0, 0.1) is 0 Å². The van der Waals surface area contributed by atoms with Crippen LogP contribution in [-0.4, -0.2) is 39.9 Å². The van der Waals surface area contributed by atoms with Crippen LogP contribution in [0.1, 0.15) is 22.5 Å². The van der Waals surface area contributed by atoms with Crippen LogP contribution in [0.25, 0.3) is 87.4 Å². The Bertz CT molecular complexity index is 5000. The van der Waals surface area contributed by atoms with Gasteiger partial charge in [-0.2, -0.15) is 5.06 Å². The first kappa shape index (κ1) is 45.5. The van der Waals surface area contributed by atoms with Gasteiger partial charge in [0, 0.05) is 78.0 Å². The van der Waals surface area contributed by atoms with E-state index in [0.717, 1.165) is 109 Å². The molecule has 0 radical (unpaired) electrons. The summed E-state index contributed by atoms with van der Waals surface area (Å²) >= 11 is 1.71. The fraction of sp³-hybridized carbons (Fsp3) is 0.0294. The molecule has 6 aromatic heterocycles. The molecular weight excluding hydrogens is 1020 g/mol. The van der Waals surface area contributed by atoms with Crippen molar-refractivity contribution >= 4 is 122 Å². The van der Waals surface area contributed by atoms with Crippen molar-refractivity contribution in [1.29, 1.82) is 0 Å². The number of para-hydroxylation sites is 6. The minimum absolute atomic E-state index is 0.407. The summed E-state index contributed by atoms with van der Waals surface area (Å²) in [5.74, 6) is 0.870. The minimum atomic E-state index is -1.74. The van der Waals surface area contributed by atoms with Gasteiger partial charge in [0.1, 0.15) is 0 Å². The highest BCUT2D eigenvalue weighted by Crippen LogP contribution is 2.66. The van der Waals surface area contributed by atoms with Crippen LogP contribution < -0.4 is 15.4 Å². The molecule has 12 nitrogen and oxygen atoms in total. The first-order valence-corrected chi connectivity index (χ1v) is 27.5. The molecule has 15 aromatic rings. The third-order valence-corrected chi connectivity index (χ3v) is 17.3. The lowest BCUT2D eigenvalue weighted by atomic mass is 9.62. The molecule has 8 heterocycles. The summed E-state index contributed by atoms with van der Waals surface area (Å²) in [7, 11) is 0. The van der Waals surface area contributed by atoms with Crippen LogP contribution in [-0.2, 0) is 16.0 Å². The summed E-state index contributed by atoms with van der Waals surface area (Å²) in [6.07, 6.45) is 7.39. The average molecular weight is 1060 g/mol. The van der Waals surface area contributed by atoms with Crippen LogP contribution >= 0.6 is 11.8 Å². The molecule has 2 unspecified atom stereocenters. The highest BCUT2D eigenvalue weighted by molar-refractivity contribution is 7.99. The smallest absolute Gasteiger partial charge is 0.192 e. The lowest BCUT2D eigenvalue weighted by Crippen LogP contribution is -2.60. The van der Waals surface area contributed by atoms with Crippen LogP contribution in [0.3, 0.4) is 0 Å². The third kappa shape index (κ3) is 6.52. The number of pyridine rings is 4. The Labute approximate surface area is 466 Å². The monoisotopic (exact) mass is 1060 g/mol. The zero-order valence-electron chi connectivity index (χ0n) is 42.9. The number of hydroxylamine groups is 2. The Morgan fingerprint density at radius 3 is 1.95 bits per heavy atom. The number of rotatable bonds is 6. The molecule has 81 heavy (non-hydrogen) atoms. The molecule has 17 rings (SSSR count). The molecule has 1 saturated heterocycles. The van der Waals surface area contributed by atoms with Crippen molar-refractivity contribution in [3.05, 3.63) is 266 Å². The van der Waals surface area contributed by atoms with Crippen LogP contribution in [0.15, 0.2) is 253 Å². The second kappa shape index (κ2) is 17.5. The Hall–Kier alpha value is -10.5. The molecule has 0 saturated carbocycles. The van der Waals surface area contributed by atoms with Crippen LogP contribution in [0.4, 0.5) is 22.9 Å². The van der Waals surface area contributed by atoms with E-state index in [4.69, 9.17) is 44.8 Å².